The van der Waals surface area contributed by atoms with Crippen molar-refractivity contribution in [2.75, 3.05) is 6.54 Å². The summed E-state index contributed by atoms with van der Waals surface area (Å²) in [7, 11) is 0. The number of urea groups is 1. The van der Waals surface area contributed by atoms with Crippen LogP contribution in [-0.2, 0) is 9.59 Å². The molecule has 0 saturated carbocycles. The number of allylic oxidation sites excluding steroid dienone is 1. The van der Waals surface area contributed by atoms with Crippen LogP contribution >= 0.6 is 0 Å². The van der Waals surface area contributed by atoms with E-state index in [1.165, 1.54) is 6.92 Å². The Kier molecular flexibility index (Phi) is 5.84. The van der Waals surface area contributed by atoms with Crippen LogP contribution in [0.1, 0.15) is 20.3 Å². The maximum atomic E-state index is 11.1. The Morgan fingerprint density at radius 1 is 1.38 bits per heavy atom. The lowest BCUT2D eigenvalue weighted by Gasteiger charge is -2.10. The molecule has 1 atom stereocenters. The molecule has 90 valence electrons. The van der Waals surface area contributed by atoms with Gasteiger partial charge in [-0.1, -0.05) is 6.58 Å². The number of aliphatic carboxylic acids is 1. The number of hydrogen-bond acceptors (Lipinski definition) is 3. The molecular formula is C10H16N2O4. The number of carbonyl (C=O) groups is 3. The van der Waals surface area contributed by atoms with E-state index >= 15 is 0 Å². The van der Waals surface area contributed by atoms with Crippen LogP contribution in [0, 0.1) is 0 Å². The van der Waals surface area contributed by atoms with E-state index in [0.29, 0.717) is 5.57 Å². The first-order valence-electron chi connectivity index (χ1n) is 4.80. The highest BCUT2D eigenvalue weighted by Gasteiger charge is 2.13. The molecule has 0 saturated heterocycles. The Morgan fingerprint density at radius 2 is 1.94 bits per heavy atom. The summed E-state index contributed by atoms with van der Waals surface area (Å²) in [4.78, 5) is 32.6. The van der Waals surface area contributed by atoms with Gasteiger partial charge in [0.05, 0.1) is 0 Å². The van der Waals surface area contributed by atoms with Crippen molar-refractivity contribution in [1.82, 2.24) is 10.6 Å². The molecule has 6 heteroatoms. The molecule has 0 aromatic heterocycles. The lowest BCUT2D eigenvalue weighted by atomic mass is 10.2. The molecular weight excluding hydrogens is 212 g/mol. The fraction of sp³-hybridized carbons (Fsp3) is 0.500. The van der Waals surface area contributed by atoms with Gasteiger partial charge in [-0.3, -0.25) is 9.59 Å². The fourth-order valence-corrected chi connectivity index (χ4v) is 0.812. The average molecular weight is 228 g/mol. The smallest absolute Gasteiger partial charge is 0.325 e. The first kappa shape index (κ1) is 14.2. The van der Waals surface area contributed by atoms with Crippen LogP contribution in [0.25, 0.3) is 0 Å². The molecule has 0 heterocycles. The molecule has 0 unspecified atom stereocenters. The minimum atomic E-state index is -1.12. The Bertz CT molecular complexity index is 312. The van der Waals surface area contributed by atoms with Crippen molar-refractivity contribution in [3.63, 3.8) is 0 Å². The van der Waals surface area contributed by atoms with E-state index in [0.717, 1.165) is 0 Å². The number of rotatable bonds is 6. The number of hydrogen-bond donors (Lipinski definition) is 3. The lowest BCUT2D eigenvalue weighted by molar-refractivity contribution is -0.138. The monoisotopic (exact) mass is 228 g/mol. The molecule has 0 spiro atoms. The van der Waals surface area contributed by atoms with Crippen molar-refractivity contribution in [1.29, 1.82) is 0 Å². The van der Waals surface area contributed by atoms with Crippen molar-refractivity contribution in [2.45, 2.75) is 26.3 Å². The van der Waals surface area contributed by atoms with Crippen molar-refractivity contribution in [2.24, 2.45) is 0 Å². The molecule has 0 aliphatic heterocycles. The molecule has 6 nitrogen and oxygen atoms in total. The van der Waals surface area contributed by atoms with Gasteiger partial charge in [-0.2, -0.15) is 0 Å². The second-order valence-corrected chi connectivity index (χ2v) is 3.41. The van der Waals surface area contributed by atoms with Gasteiger partial charge in [0, 0.05) is 13.0 Å². The number of carbonyl (C=O) groups excluding carboxylic acids is 2. The second kappa shape index (κ2) is 6.60. The molecule has 0 aromatic carbocycles. The van der Waals surface area contributed by atoms with E-state index in [-0.39, 0.29) is 18.7 Å². The fourth-order valence-electron chi connectivity index (χ4n) is 0.812. The summed E-state index contributed by atoms with van der Waals surface area (Å²) in [5, 5.41) is 13.1. The van der Waals surface area contributed by atoms with Crippen LogP contribution in [-0.4, -0.2) is 35.5 Å². The Balaban J connectivity index is 3.79. The van der Waals surface area contributed by atoms with Crippen LogP contribution in [0.2, 0.25) is 0 Å². The summed E-state index contributed by atoms with van der Waals surface area (Å²) < 4.78 is 0. The Morgan fingerprint density at radius 3 is 2.38 bits per heavy atom. The number of amides is 2. The maximum Gasteiger partial charge on any atom is 0.325 e. The van der Waals surface area contributed by atoms with E-state index in [2.05, 4.69) is 17.2 Å². The number of carboxylic acid groups (broad SMARTS) is 1. The summed E-state index contributed by atoms with van der Waals surface area (Å²) >= 11 is 0. The van der Waals surface area contributed by atoms with Crippen LogP contribution in [0.3, 0.4) is 0 Å². The van der Waals surface area contributed by atoms with Crippen LogP contribution in [0.4, 0.5) is 4.79 Å². The van der Waals surface area contributed by atoms with E-state index in [9.17, 15) is 14.4 Å². The third-order valence-corrected chi connectivity index (χ3v) is 1.83. The van der Waals surface area contributed by atoms with Crippen molar-refractivity contribution < 1.29 is 19.5 Å². The quantitative estimate of drug-likeness (QED) is 0.569. The van der Waals surface area contributed by atoms with Gasteiger partial charge in [-0.25, -0.2) is 4.79 Å². The normalized spacial score (nSPS) is 11.4. The zero-order valence-corrected chi connectivity index (χ0v) is 9.37. The van der Waals surface area contributed by atoms with E-state index in [1.807, 2.05) is 0 Å². The van der Waals surface area contributed by atoms with E-state index in [1.54, 1.807) is 6.92 Å². The van der Waals surface area contributed by atoms with Crippen molar-refractivity contribution in [3.05, 3.63) is 12.2 Å². The minimum Gasteiger partial charge on any atom is -0.480 e. The predicted octanol–water partition coefficient (Wildman–Crippen LogP) is 0.294. The standard InChI is InChI=1S/C10H16N2O4/c1-6(2)8(13)4-5-11-10(16)12-7(3)9(14)15/h7H,1,4-5H2,2-3H3,(H,14,15)(H2,11,12,16)/t7-/m0/s1. The first-order chi connectivity index (χ1) is 7.34. The van der Waals surface area contributed by atoms with Gasteiger partial charge in [0.1, 0.15) is 6.04 Å². The maximum absolute atomic E-state index is 11.1. The molecule has 16 heavy (non-hydrogen) atoms. The summed E-state index contributed by atoms with van der Waals surface area (Å²) in [6, 6.07) is -1.57. The third kappa shape index (κ3) is 5.79. The molecule has 0 bridgehead atoms. The molecule has 0 aliphatic carbocycles. The number of carboxylic acids is 1. The summed E-state index contributed by atoms with van der Waals surface area (Å²) in [6.07, 6.45) is 0.157. The first-order valence-corrected chi connectivity index (χ1v) is 4.80. The van der Waals surface area contributed by atoms with Crippen LogP contribution in [0.5, 0.6) is 0 Å². The van der Waals surface area contributed by atoms with Crippen molar-refractivity contribution in [3.8, 4) is 0 Å². The minimum absolute atomic E-state index is 0.133. The van der Waals surface area contributed by atoms with Gasteiger partial charge >= 0.3 is 12.0 Å². The number of Topliss-reactive ketones (excluding diaryl/α,β-unsaturated/α-hetero) is 1. The van der Waals surface area contributed by atoms with E-state index < -0.39 is 18.0 Å². The predicted molar refractivity (Wildman–Crippen MR) is 58.1 cm³/mol. The average Bonchev–Trinajstić information content (AvgIpc) is 2.16. The summed E-state index contributed by atoms with van der Waals surface area (Å²) in [6.45, 7) is 6.57. The molecule has 0 rings (SSSR count). The lowest BCUT2D eigenvalue weighted by Crippen LogP contribution is -2.44. The molecule has 0 radical (unpaired) electrons. The van der Waals surface area contributed by atoms with Crippen molar-refractivity contribution >= 4 is 17.8 Å². The molecule has 0 aromatic rings. The summed E-state index contributed by atoms with van der Waals surface area (Å²) in [5.74, 6) is -1.25. The highest BCUT2D eigenvalue weighted by Crippen LogP contribution is 1.93. The highest BCUT2D eigenvalue weighted by atomic mass is 16.4. The molecule has 0 fully saturated rings. The molecule has 2 amide bonds. The third-order valence-electron chi connectivity index (χ3n) is 1.83. The molecule has 0 aliphatic rings. The topological polar surface area (TPSA) is 95.5 Å². The number of nitrogens with one attached hydrogen (secondary N) is 2. The summed E-state index contributed by atoms with van der Waals surface area (Å²) in [5.41, 5.74) is 0.432. The van der Waals surface area contributed by atoms with Gasteiger partial charge in [0.25, 0.3) is 0 Å². The Labute approximate surface area is 93.7 Å². The van der Waals surface area contributed by atoms with Gasteiger partial charge in [-0.05, 0) is 19.4 Å². The second-order valence-electron chi connectivity index (χ2n) is 3.41. The van der Waals surface area contributed by atoms with Gasteiger partial charge in [-0.15, -0.1) is 0 Å². The van der Waals surface area contributed by atoms with Gasteiger partial charge < -0.3 is 15.7 Å². The highest BCUT2D eigenvalue weighted by molar-refractivity contribution is 5.94. The van der Waals surface area contributed by atoms with Gasteiger partial charge in [0.2, 0.25) is 0 Å². The zero-order valence-electron chi connectivity index (χ0n) is 9.37. The van der Waals surface area contributed by atoms with Crippen LogP contribution in [0.15, 0.2) is 12.2 Å². The van der Waals surface area contributed by atoms with Gasteiger partial charge in [0.15, 0.2) is 5.78 Å². The number of ketones is 1. The molecule has 3 N–H and O–H groups in total. The zero-order chi connectivity index (χ0) is 12.7. The Hall–Kier alpha value is -1.85. The van der Waals surface area contributed by atoms with E-state index in [4.69, 9.17) is 5.11 Å². The van der Waals surface area contributed by atoms with Crippen LogP contribution < -0.4 is 10.6 Å². The largest absolute Gasteiger partial charge is 0.480 e. The SMILES string of the molecule is C=C(C)C(=O)CCNC(=O)N[C@@H](C)C(=O)O.